The van der Waals surface area contributed by atoms with Crippen molar-refractivity contribution in [1.82, 2.24) is 14.8 Å². The normalized spacial score (nSPS) is 18.8. The second kappa shape index (κ2) is 5.61. The number of nitrogens with zero attached hydrogens (tertiary/aromatic N) is 4. The minimum atomic E-state index is 0.399. The lowest BCUT2D eigenvalue weighted by molar-refractivity contribution is 0.375. The number of hydrogen-bond donors (Lipinski definition) is 0. The van der Waals surface area contributed by atoms with Crippen molar-refractivity contribution >= 4 is 28.2 Å². The van der Waals surface area contributed by atoms with Gasteiger partial charge in [-0.05, 0) is 30.4 Å². The molecule has 0 spiro atoms. The van der Waals surface area contributed by atoms with Crippen molar-refractivity contribution in [2.45, 2.75) is 18.9 Å². The topological polar surface area (TPSA) is 34.0 Å². The minimum absolute atomic E-state index is 0.399. The summed E-state index contributed by atoms with van der Waals surface area (Å²) in [6.07, 6.45) is 6.16. The second-order valence-corrected chi connectivity index (χ2v) is 6.08. The molecule has 1 unspecified atom stereocenters. The maximum absolute atomic E-state index is 6.36. The zero-order valence-corrected chi connectivity index (χ0v) is 12.9. The van der Waals surface area contributed by atoms with E-state index in [-0.39, 0.29) is 0 Å². The summed E-state index contributed by atoms with van der Waals surface area (Å²) in [6.45, 7) is 1.93. The maximum atomic E-state index is 6.36. The zero-order valence-electron chi connectivity index (χ0n) is 12.2. The Balaban J connectivity index is 1.66. The standard InChI is InChI=1S/C17H17ClN4/c18-17-15-7-2-1-5-13(15)11-16(20-17)21-9-3-6-14(12-21)22-10-4-8-19-22/h1-2,4-5,7-8,10-11,14H,3,6,9,12H2. The molecule has 0 N–H and O–H groups in total. The van der Waals surface area contributed by atoms with Crippen LogP contribution in [0.1, 0.15) is 18.9 Å². The Hall–Kier alpha value is -2.07. The van der Waals surface area contributed by atoms with E-state index < -0.39 is 0 Å². The molecule has 0 aliphatic carbocycles. The van der Waals surface area contributed by atoms with Gasteiger partial charge in [0.25, 0.3) is 0 Å². The SMILES string of the molecule is Clc1nc(N2CCCC(n3cccn3)C2)cc2ccccc12. The van der Waals surface area contributed by atoms with Crippen LogP contribution in [0.15, 0.2) is 48.8 Å². The molecule has 1 fully saturated rings. The highest BCUT2D eigenvalue weighted by Gasteiger charge is 2.23. The Morgan fingerprint density at radius 2 is 2.09 bits per heavy atom. The third kappa shape index (κ3) is 2.44. The van der Waals surface area contributed by atoms with Crippen LogP contribution in [-0.2, 0) is 0 Å². The molecule has 1 atom stereocenters. The van der Waals surface area contributed by atoms with E-state index in [0.717, 1.165) is 42.5 Å². The third-order valence-corrected chi connectivity index (χ3v) is 4.59. The van der Waals surface area contributed by atoms with Gasteiger partial charge in [-0.3, -0.25) is 4.68 Å². The minimum Gasteiger partial charge on any atom is -0.354 e. The van der Waals surface area contributed by atoms with E-state index in [1.807, 2.05) is 36.7 Å². The summed E-state index contributed by atoms with van der Waals surface area (Å²) in [7, 11) is 0. The highest BCUT2D eigenvalue weighted by atomic mass is 35.5. The number of anilines is 1. The van der Waals surface area contributed by atoms with Crippen molar-refractivity contribution < 1.29 is 0 Å². The first-order valence-electron chi connectivity index (χ1n) is 7.60. The predicted octanol–water partition coefficient (Wildman–Crippen LogP) is 3.93. The number of pyridine rings is 1. The van der Waals surface area contributed by atoms with E-state index in [9.17, 15) is 0 Å². The third-order valence-electron chi connectivity index (χ3n) is 4.30. The van der Waals surface area contributed by atoms with Gasteiger partial charge in [-0.15, -0.1) is 0 Å². The summed E-state index contributed by atoms with van der Waals surface area (Å²) in [5.74, 6) is 0.959. The molecule has 112 valence electrons. The number of benzene rings is 1. The first kappa shape index (κ1) is 13.6. The van der Waals surface area contributed by atoms with Crippen molar-refractivity contribution in [3.63, 3.8) is 0 Å². The Labute approximate surface area is 134 Å². The van der Waals surface area contributed by atoms with Gasteiger partial charge in [0.05, 0.1) is 6.04 Å². The zero-order chi connectivity index (χ0) is 14.9. The van der Waals surface area contributed by atoms with Crippen molar-refractivity contribution in [1.29, 1.82) is 0 Å². The van der Waals surface area contributed by atoms with Gasteiger partial charge in [0.1, 0.15) is 11.0 Å². The molecule has 1 aromatic carbocycles. The van der Waals surface area contributed by atoms with Crippen LogP contribution in [0.25, 0.3) is 10.8 Å². The summed E-state index contributed by atoms with van der Waals surface area (Å²) >= 11 is 6.36. The first-order valence-corrected chi connectivity index (χ1v) is 7.98. The number of aromatic nitrogens is 3. The highest BCUT2D eigenvalue weighted by molar-refractivity contribution is 6.34. The Bertz CT molecular complexity index is 784. The number of halogens is 1. The molecule has 1 saturated heterocycles. The fraction of sp³-hybridized carbons (Fsp3) is 0.294. The molecular weight excluding hydrogens is 296 g/mol. The Morgan fingerprint density at radius 1 is 1.18 bits per heavy atom. The van der Waals surface area contributed by atoms with Crippen molar-refractivity contribution in [3.8, 4) is 0 Å². The van der Waals surface area contributed by atoms with Gasteiger partial charge >= 0.3 is 0 Å². The number of piperidine rings is 1. The molecule has 22 heavy (non-hydrogen) atoms. The lowest BCUT2D eigenvalue weighted by Gasteiger charge is -2.33. The summed E-state index contributed by atoms with van der Waals surface area (Å²) in [6, 6.07) is 12.6. The van der Waals surface area contributed by atoms with E-state index in [4.69, 9.17) is 11.6 Å². The van der Waals surface area contributed by atoms with Crippen LogP contribution in [0.5, 0.6) is 0 Å². The van der Waals surface area contributed by atoms with E-state index in [2.05, 4.69) is 31.8 Å². The van der Waals surface area contributed by atoms with Crippen molar-refractivity contribution in [2.75, 3.05) is 18.0 Å². The van der Waals surface area contributed by atoms with Gasteiger partial charge in [0.15, 0.2) is 0 Å². The second-order valence-electron chi connectivity index (χ2n) is 5.72. The van der Waals surface area contributed by atoms with Gasteiger partial charge in [-0.1, -0.05) is 35.9 Å². The molecule has 3 aromatic rings. The van der Waals surface area contributed by atoms with Crippen LogP contribution in [0.4, 0.5) is 5.82 Å². The maximum Gasteiger partial charge on any atom is 0.139 e. The fourth-order valence-corrected chi connectivity index (χ4v) is 3.44. The molecule has 1 aliphatic rings. The smallest absolute Gasteiger partial charge is 0.139 e. The average molecular weight is 313 g/mol. The molecule has 0 bridgehead atoms. The molecule has 0 amide bonds. The molecule has 3 heterocycles. The lowest BCUT2D eigenvalue weighted by Crippen LogP contribution is -2.37. The van der Waals surface area contributed by atoms with Gasteiger partial charge < -0.3 is 4.90 Å². The number of hydrogen-bond acceptors (Lipinski definition) is 3. The molecule has 4 rings (SSSR count). The predicted molar refractivity (Wildman–Crippen MR) is 89.5 cm³/mol. The highest BCUT2D eigenvalue weighted by Crippen LogP contribution is 2.29. The summed E-state index contributed by atoms with van der Waals surface area (Å²) < 4.78 is 2.05. The van der Waals surface area contributed by atoms with Crippen LogP contribution in [0.3, 0.4) is 0 Å². The average Bonchev–Trinajstić information content (AvgIpc) is 3.09. The summed E-state index contributed by atoms with van der Waals surface area (Å²) in [4.78, 5) is 6.92. The van der Waals surface area contributed by atoms with Crippen molar-refractivity contribution in [2.24, 2.45) is 0 Å². The molecule has 1 aliphatic heterocycles. The van der Waals surface area contributed by atoms with Crippen LogP contribution >= 0.6 is 11.6 Å². The Kier molecular flexibility index (Phi) is 3.47. The van der Waals surface area contributed by atoms with E-state index in [1.54, 1.807) is 0 Å². The lowest BCUT2D eigenvalue weighted by atomic mass is 10.1. The number of fused-ring (bicyclic) bond motifs is 1. The van der Waals surface area contributed by atoms with Crippen molar-refractivity contribution in [3.05, 3.63) is 53.9 Å². The first-order chi connectivity index (χ1) is 10.8. The molecule has 5 heteroatoms. The van der Waals surface area contributed by atoms with Crippen LogP contribution < -0.4 is 4.90 Å². The largest absolute Gasteiger partial charge is 0.354 e. The fourth-order valence-electron chi connectivity index (χ4n) is 3.18. The molecule has 0 radical (unpaired) electrons. The van der Waals surface area contributed by atoms with Gasteiger partial charge in [0.2, 0.25) is 0 Å². The van der Waals surface area contributed by atoms with Gasteiger partial charge in [0, 0.05) is 30.9 Å². The number of rotatable bonds is 2. The van der Waals surface area contributed by atoms with Gasteiger partial charge in [-0.2, -0.15) is 5.10 Å². The summed E-state index contributed by atoms with van der Waals surface area (Å²) in [5.41, 5.74) is 0. The van der Waals surface area contributed by atoms with Crippen LogP contribution in [0.2, 0.25) is 5.15 Å². The van der Waals surface area contributed by atoms with Crippen LogP contribution in [-0.4, -0.2) is 27.9 Å². The summed E-state index contributed by atoms with van der Waals surface area (Å²) in [5, 5.41) is 7.10. The molecule has 4 nitrogen and oxygen atoms in total. The monoisotopic (exact) mass is 312 g/mol. The van der Waals surface area contributed by atoms with E-state index in [0.29, 0.717) is 11.2 Å². The van der Waals surface area contributed by atoms with Crippen LogP contribution in [0, 0.1) is 0 Å². The van der Waals surface area contributed by atoms with E-state index in [1.165, 1.54) is 0 Å². The molecule has 2 aromatic heterocycles. The van der Waals surface area contributed by atoms with Gasteiger partial charge in [-0.25, -0.2) is 4.98 Å². The molecular formula is C17H17ClN4. The van der Waals surface area contributed by atoms with E-state index >= 15 is 0 Å². The quantitative estimate of drug-likeness (QED) is 0.672. The molecule has 0 saturated carbocycles. The Morgan fingerprint density at radius 3 is 2.95 bits per heavy atom.